The minimum absolute atomic E-state index is 0.252. The third kappa shape index (κ3) is 10.2. The summed E-state index contributed by atoms with van der Waals surface area (Å²) in [5.74, 6) is 0. The molecular weight excluding hydrogens is 641 g/mol. The summed E-state index contributed by atoms with van der Waals surface area (Å²) in [4.78, 5) is 0. The molecule has 0 heterocycles. The zero-order chi connectivity index (χ0) is 24.6. The first-order chi connectivity index (χ1) is 17.3. The molecule has 0 saturated carbocycles. The number of hydrogen-bond acceptors (Lipinski definition) is 0. The Kier molecular flexibility index (Phi) is 14.5. The summed E-state index contributed by atoms with van der Waals surface area (Å²) in [6, 6.07) is 44.5. The minimum atomic E-state index is -0.252. The van der Waals surface area contributed by atoms with Crippen LogP contribution in [0.15, 0.2) is 121 Å². The van der Waals surface area contributed by atoms with Gasteiger partial charge in [0.15, 0.2) is 0 Å². The smallest absolute Gasteiger partial charge is 0.0195 e. The maximum absolute atomic E-state index is 3.03. The largest absolute Gasteiger partial charge is 0.0622 e. The molecule has 0 amide bonds. The topological polar surface area (TPSA) is 0 Å². The van der Waals surface area contributed by atoms with Gasteiger partial charge in [-0.15, -0.1) is 0 Å². The van der Waals surface area contributed by atoms with Crippen LogP contribution < -0.4 is 21.2 Å². The molecule has 5 heteroatoms. The van der Waals surface area contributed by atoms with E-state index in [1.807, 2.05) is 0 Å². The van der Waals surface area contributed by atoms with Crippen molar-refractivity contribution in [2.45, 2.75) is 25.7 Å². The molecule has 0 bridgehead atoms. The van der Waals surface area contributed by atoms with Crippen LogP contribution in [-0.2, 0) is 11.1 Å². The van der Waals surface area contributed by atoms with Gasteiger partial charge in [0.1, 0.15) is 0 Å². The Labute approximate surface area is 234 Å². The molecule has 0 aliphatic rings. The second kappa shape index (κ2) is 17.6. The Balaban J connectivity index is 0.00000108. The third-order valence-corrected chi connectivity index (χ3v) is 11.0. The molecule has 4 rings (SSSR count). The van der Waals surface area contributed by atoms with Gasteiger partial charge in [-0.2, -0.15) is 0 Å². The maximum Gasteiger partial charge on any atom is -0.0195 e. The van der Waals surface area contributed by atoms with E-state index in [1.54, 1.807) is 0 Å². The van der Waals surface area contributed by atoms with E-state index in [0.29, 0.717) is 0 Å². The van der Waals surface area contributed by atoms with Gasteiger partial charge in [-0.25, -0.2) is 0 Å². The molecule has 4 aromatic rings. The first kappa shape index (κ1) is 28.8. The Morgan fingerprint density at radius 1 is 0.400 bits per heavy atom. The number of hydrogen-bond donors (Lipinski definition) is 0. The number of benzene rings is 4. The molecule has 185 valence electrons. The SMILES string of the molecule is [Br][Co][Br].c1ccc(P(CCCCCCP(c2ccccc2)c2ccccc2)c2ccccc2)cc1. The normalized spacial score (nSPS) is 10.9. The van der Waals surface area contributed by atoms with Crippen LogP contribution in [-0.4, -0.2) is 12.3 Å². The molecule has 4 aromatic carbocycles. The van der Waals surface area contributed by atoms with Gasteiger partial charge in [-0.1, -0.05) is 134 Å². The standard InChI is InChI=1S/C30H32P2.2BrH.Co/c1(15-25-31(27-17-7-3-8-18-27)28-19-9-4-10-20-28)2-16-26-32(29-21-11-5-12-22-29)30-23-13-6-14-24-30;;;/h3-14,17-24H,1-2,15-16,25-26H2;2*1H;/q;;;+2/p-2. The van der Waals surface area contributed by atoms with E-state index in [1.165, 1.54) is 59.2 Å². The Morgan fingerprint density at radius 2 is 0.629 bits per heavy atom. The molecule has 35 heavy (non-hydrogen) atoms. The van der Waals surface area contributed by atoms with Crippen molar-refractivity contribution in [2.24, 2.45) is 0 Å². The zero-order valence-corrected chi connectivity index (χ0v) is 25.8. The second-order valence-corrected chi connectivity index (χ2v) is 18.0. The van der Waals surface area contributed by atoms with Gasteiger partial charge in [-0.05, 0) is 62.2 Å². The molecule has 0 unspecified atom stereocenters. The first-order valence-corrected chi connectivity index (χ1v) is 20.1. The molecular formula is C30H32Br2CoP2. The van der Waals surface area contributed by atoms with Crippen molar-refractivity contribution in [3.8, 4) is 0 Å². The van der Waals surface area contributed by atoms with Crippen molar-refractivity contribution >= 4 is 65.4 Å². The van der Waals surface area contributed by atoms with Gasteiger partial charge in [0, 0.05) is 0 Å². The molecule has 0 aliphatic heterocycles. The summed E-state index contributed by atoms with van der Waals surface area (Å²) in [6.45, 7) is 0. The Hall–Kier alpha value is -0.794. The van der Waals surface area contributed by atoms with Crippen LogP contribution in [0.25, 0.3) is 0 Å². The van der Waals surface area contributed by atoms with Crippen molar-refractivity contribution in [3.63, 3.8) is 0 Å². The predicted molar refractivity (Wildman–Crippen MR) is 164 cm³/mol. The number of unbranched alkanes of at least 4 members (excludes halogenated alkanes) is 3. The van der Waals surface area contributed by atoms with E-state index in [-0.39, 0.29) is 15.8 Å². The van der Waals surface area contributed by atoms with Gasteiger partial charge in [0.05, 0.1) is 0 Å². The summed E-state index contributed by atoms with van der Waals surface area (Å²) in [7, 11) is -0.505. The van der Waals surface area contributed by atoms with Crippen molar-refractivity contribution in [1.29, 1.82) is 0 Å². The molecule has 0 radical (unpaired) electrons. The summed E-state index contributed by atoms with van der Waals surface area (Å²) in [5, 5.41) is 6.02. The van der Waals surface area contributed by atoms with E-state index in [4.69, 9.17) is 0 Å². The van der Waals surface area contributed by atoms with E-state index < -0.39 is 0 Å². The van der Waals surface area contributed by atoms with Crippen molar-refractivity contribution in [2.75, 3.05) is 12.3 Å². The fraction of sp³-hybridized carbons (Fsp3) is 0.200. The van der Waals surface area contributed by atoms with Crippen LogP contribution in [0.3, 0.4) is 0 Å². The van der Waals surface area contributed by atoms with Gasteiger partial charge in [0.2, 0.25) is 0 Å². The molecule has 0 aliphatic carbocycles. The van der Waals surface area contributed by atoms with E-state index in [0.717, 1.165) is 11.1 Å². The first-order valence-electron chi connectivity index (χ1n) is 11.9. The minimum Gasteiger partial charge on any atom is -0.0622 e. The molecule has 0 atom stereocenters. The van der Waals surface area contributed by atoms with Crippen LogP contribution in [0.1, 0.15) is 25.7 Å². The van der Waals surface area contributed by atoms with Crippen LogP contribution in [0.4, 0.5) is 0 Å². The zero-order valence-electron chi connectivity index (χ0n) is 19.8. The fourth-order valence-corrected chi connectivity index (χ4v) is 8.98. The summed E-state index contributed by atoms with van der Waals surface area (Å²) in [6.07, 6.45) is 7.84. The molecule has 0 nitrogen and oxygen atoms in total. The van der Waals surface area contributed by atoms with Gasteiger partial charge >= 0.3 is 39.5 Å². The Morgan fingerprint density at radius 3 is 0.857 bits per heavy atom. The maximum atomic E-state index is 3.03. The van der Waals surface area contributed by atoms with Gasteiger partial charge in [0.25, 0.3) is 0 Å². The molecule has 0 saturated heterocycles. The van der Waals surface area contributed by atoms with E-state index >= 15 is 0 Å². The average Bonchev–Trinajstić information content (AvgIpc) is 2.93. The van der Waals surface area contributed by atoms with Gasteiger partial charge < -0.3 is 0 Å². The Bertz CT molecular complexity index is 885. The van der Waals surface area contributed by atoms with Crippen LogP contribution in [0.5, 0.6) is 0 Å². The van der Waals surface area contributed by atoms with Crippen molar-refractivity contribution in [1.82, 2.24) is 0 Å². The molecule has 0 fully saturated rings. The van der Waals surface area contributed by atoms with Crippen molar-refractivity contribution < 1.29 is 11.1 Å². The molecule has 0 spiro atoms. The number of rotatable bonds is 11. The van der Waals surface area contributed by atoms with Crippen LogP contribution in [0, 0.1) is 0 Å². The van der Waals surface area contributed by atoms with Gasteiger partial charge in [-0.3, -0.25) is 0 Å². The summed E-state index contributed by atoms with van der Waals surface area (Å²) in [5.41, 5.74) is 0. The summed E-state index contributed by atoms with van der Waals surface area (Å²) < 4.78 is 0. The number of halogens is 2. The van der Waals surface area contributed by atoms with E-state index in [9.17, 15) is 0 Å². The monoisotopic (exact) mass is 671 g/mol. The molecule has 0 aromatic heterocycles. The van der Waals surface area contributed by atoms with Crippen LogP contribution in [0.2, 0.25) is 0 Å². The fourth-order valence-electron chi connectivity index (χ4n) is 4.14. The van der Waals surface area contributed by atoms with Crippen molar-refractivity contribution in [3.05, 3.63) is 121 Å². The average molecular weight is 673 g/mol. The second-order valence-electron chi connectivity index (χ2n) is 8.11. The quantitative estimate of drug-likeness (QED) is 0.111. The van der Waals surface area contributed by atoms with E-state index in [2.05, 4.69) is 150 Å². The predicted octanol–water partition coefficient (Wildman–Crippen LogP) is 8.50. The molecule has 0 N–H and O–H groups in total. The third-order valence-electron chi connectivity index (χ3n) is 5.78. The summed E-state index contributed by atoms with van der Waals surface area (Å²) >= 11 is 7.12. The van der Waals surface area contributed by atoms with Crippen LogP contribution >= 0.6 is 44.2 Å².